The van der Waals surface area contributed by atoms with Crippen molar-refractivity contribution in [3.05, 3.63) is 35.4 Å². The molecule has 3 nitrogen and oxygen atoms in total. The standard InChI is InChI=1S/C12H19NO2S/c1-4-16(14,15)10(3)12(13)11-7-5-6-9(2)8-11/h5-8,10,12H,4,13H2,1-3H3. The van der Waals surface area contributed by atoms with Gasteiger partial charge in [0.05, 0.1) is 5.25 Å². The van der Waals surface area contributed by atoms with Crippen molar-refractivity contribution in [2.24, 2.45) is 5.73 Å². The summed E-state index contributed by atoms with van der Waals surface area (Å²) in [6.45, 7) is 5.29. The van der Waals surface area contributed by atoms with Crippen molar-refractivity contribution < 1.29 is 8.42 Å². The highest BCUT2D eigenvalue weighted by Gasteiger charge is 2.26. The lowest BCUT2D eigenvalue weighted by Crippen LogP contribution is -2.32. The molecule has 0 radical (unpaired) electrons. The third-order valence-electron chi connectivity index (χ3n) is 2.90. The van der Waals surface area contributed by atoms with E-state index in [1.807, 2.05) is 31.2 Å². The van der Waals surface area contributed by atoms with Gasteiger partial charge in [0.15, 0.2) is 9.84 Å². The molecule has 0 aliphatic rings. The summed E-state index contributed by atoms with van der Waals surface area (Å²) in [6.07, 6.45) is 0. The van der Waals surface area contributed by atoms with Crippen LogP contribution in [0, 0.1) is 6.92 Å². The van der Waals surface area contributed by atoms with Crippen molar-refractivity contribution in [1.82, 2.24) is 0 Å². The fraction of sp³-hybridized carbons (Fsp3) is 0.500. The maximum absolute atomic E-state index is 11.7. The Hall–Kier alpha value is -0.870. The largest absolute Gasteiger partial charge is 0.323 e. The van der Waals surface area contributed by atoms with E-state index < -0.39 is 21.1 Å². The Balaban J connectivity index is 2.99. The highest BCUT2D eigenvalue weighted by molar-refractivity contribution is 7.92. The lowest BCUT2D eigenvalue weighted by Gasteiger charge is -2.20. The fourth-order valence-electron chi connectivity index (χ4n) is 1.63. The van der Waals surface area contributed by atoms with Crippen LogP contribution in [0.3, 0.4) is 0 Å². The van der Waals surface area contributed by atoms with Crippen LogP contribution >= 0.6 is 0 Å². The van der Waals surface area contributed by atoms with Gasteiger partial charge in [0.1, 0.15) is 0 Å². The Morgan fingerprint density at radius 3 is 2.50 bits per heavy atom. The molecule has 0 spiro atoms. The van der Waals surface area contributed by atoms with Crippen molar-refractivity contribution in [2.45, 2.75) is 32.1 Å². The van der Waals surface area contributed by atoms with E-state index >= 15 is 0 Å². The number of nitrogens with two attached hydrogens (primary N) is 1. The van der Waals surface area contributed by atoms with Crippen LogP contribution in [-0.2, 0) is 9.84 Å². The van der Waals surface area contributed by atoms with Gasteiger partial charge in [-0.05, 0) is 19.4 Å². The third-order valence-corrected chi connectivity index (χ3v) is 5.13. The molecule has 0 aromatic heterocycles. The molecule has 1 rings (SSSR count). The average Bonchev–Trinajstić information content (AvgIpc) is 2.27. The second-order valence-corrected chi connectivity index (χ2v) is 6.74. The van der Waals surface area contributed by atoms with E-state index in [1.165, 1.54) is 0 Å². The van der Waals surface area contributed by atoms with Gasteiger partial charge in [-0.15, -0.1) is 0 Å². The molecule has 0 aliphatic carbocycles. The summed E-state index contributed by atoms with van der Waals surface area (Å²) in [5.41, 5.74) is 7.96. The molecule has 0 heterocycles. The quantitative estimate of drug-likeness (QED) is 0.874. The summed E-state index contributed by atoms with van der Waals surface area (Å²) in [5, 5.41) is -0.542. The fourth-order valence-corrected chi connectivity index (χ4v) is 2.76. The van der Waals surface area contributed by atoms with Crippen molar-refractivity contribution in [1.29, 1.82) is 0 Å². The van der Waals surface area contributed by atoms with E-state index in [2.05, 4.69) is 0 Å². The van der Waals surface area contributed by atoms with E-state index in [0.29, 0.717) is 0 Å². The first-order valence-electron chi connectivity index (χ1n) is 5.42. The number of benzene rings is 1. The van der Waals surface area contributed by atoms with Crippen LogP contribution in [0.1, 0.15) is 31.0 Å². The maximum atomic E-state index is 11.7. The van der Waals surface area contributed by atoms with E-state index in [4.69, 9.17) is 5.73 Å². The minimum atomic E-state index is -3.08. The van der Waals surface area contributed by atoms with Gasteiger partial charge in [-0.25, -0.2) is 8.42 Å². The lowest BCUT2D eigenvalue weighted by atomic mass is 10.0. The lowest BCUT2D eigenvalue weighted by molar-refractivity contribution is 0.566. The van der Waals surface area contributed by atoms with Gasteiger partial charge in [0.25, 0.3) is 0 Å². The molecule has 2 atom stereocenters. The Labute approximate surface area is 97.6 Å². The van der Waals surface area contributed by atoms with Gasteiger partial charge in [-0.2, -0.15) is 0 Å². The molecule has 0 saturated heterocycles. The second-order valence-electron chi connectivity index (χ2n) is 4.10. The zero-order valence-corrected chi connectivity index (χ0v) is 10.8. The average molecular weight is 241 g/mol. The van der Waals surface area contributed by atoms with E-state index in [9.17, 15) is 8.42 Å². The van der Waals surface area contributed by atoms with Crippen LogP contribution in [0.5, 0.6) is 0 Å². The number of aryl methyl sites for hydroxylation is 1. The summed E-state index contributed by atoms with van der Waals surface area (Å²) in [5.74, 6) is 0.133. The maximum Gasteiger partial charge on any atom is 0.154 e. The predicted octanol–water partition coefficient (Wildman–Crippen LogP) is 1.82. The number of hydrogen-bond acceptors (Lipinski definition) is 3. The molecule has 0 aliphatic heterocycles. The Bertz CT molecular complexity index is 454. The summed E-state index contributed by atoms with van der Waals surface area (Å²) < 4.78 is 23.4. The van der Waals surface area contributed by atoms with Crippen molar-refractivity contribution in [2.75, 3.05) is 5.75 Å². The zero-order valence-electron chi connectivity index (χ0n) is 9.97. The first-order valence-corrected chi connectivity index (χ1v) is 7.13. The summed E-state index contributed by atoms with van der Waals surface area (Å²) in [7, 11) is -3.08. The molecule has 0 amide bonds. The van der Waals surface area contributed by atoms with Crippen LogP contribution < -0.4 is 5.73 Å². The molecule has 90 valence electrons. The van der Waals surface area contributed by atoms with Gasteiger partial charge in [-0.3, -0.25) is 0 Å². The second kappa shape index (κ2) is 4.97. The van der Waals surface area contributed by atoms with E-state index in [0.717, 1.165) is 11.1 Å². The molecular formula is C12H19NO2S. The number of hydrogen-bond donors (Lipinski definition) is 1. The molecule has 1 aromatic carbocycles. The smallest absolute Gasteiger partial charge is 0.154 e. The molecule has 0 fully saturated rings. The number of sulfone groups is 1. The third kappa shape index (κ3) is 2.83. The van der Waals surface area contributed by atoms with E-state index in [1.54, 1.807) is 13.8 Å². The zero-order chi connectivity index (χ0) is 12.3. The van der Waals surface area contributed by atoms with Crippen LogP contribution in [0.15, 0.2) is 24.3 Å². The highest BCUT2D eigenvalue weighted by atomic mass is 32.2. The first kappa shape index (κ1) is 13.2. The molecule has 1 aromatic rings. The minimum Gasteiger partial charge on any atom is -0.323 e. The monoisotopic (exact) mass is 241 g/mol. The van der Waals surface area contributed by atoms with Crippen LogP contribution in [0.4, 0.5) is 0 Å². The van der Waals surface area contributed by atoms with Gasteiger partial charge >= 0.3 is 0 Å². The molecule has 0 saturated carbocycles. The van der Waals surface area contributed by atoms with Crippen molar-refractivity contribution in [3.8, 4) is 0 Å². The Morgan fingerprint density at radius 2 is 2.00 bits per heavy atom. The summed E-state index contributed by atoms with van der Waals surface area (Å²) in [4.78, 5) is 0. The Kier molecular flexibility index (Phi) is 4.10. The molecule has 4 heteroatoms. The SMILES string of the molecule is CCS(=O)(=O)C(C)C(N)c1cccc(C)c1. The first-order chi connectivity index (χ1) is 7.38. The van der Waals surface area contributed by atoms with Crippen LogP contribution in [0.25, 0.3) is 0 Å². The van der Waals surface area contributed by atoms with Gasteiger partial charge in [-0.1, -0.05) is 36.8 Å². The van der Waals surface area contributed by atoms with Gasteiger partial charge < -0.3 is 5.73 Å². The Morgan fingerprint density at radius 1 is 1.38 bits per heavy atom. The predicted molar refractivity (Wildman–Crippen MR) is 67.0 cm³/mol. The topological polar surface area (TPSA) is 60.2 Å². The summed E-state index contributed by atoms with van der Waals surface area (Å²) >= 11 is 0. The van der Waals surface area contributed by atoms with E-state index in [-0.39, 0.29) is 5.75 Å². The molecule has 2 unspecified atom stereocenters. The molecule has 16 heavy (non-hydrogen) atoms. The minimum absolute atomic E-state index is 0.133. The van der Waals surface area contributed by atoms with Gasteiger partial charge in [0.2, 0.25) is 0 Å². The molecule has 0 bridgehead atoms. The normalized spacial score (nSPS) is 15.8. The summed E-state index contributed by atoms with van der Waals surface area (Å²) in [6, 6.07) is 7.22. The van der Waals surface area contributed by atoms with Crippen LogP contribution in [-0.4, -0.2) is 19.4 Å². The van der Waals surface area contributed by atoms with Crippen molar-refractivity contribution in [3.63, 3.8) is 0 Å². The highest BCUT2D eigenvalue weighted by Crippen LogP contribution is 2.20. The van der Waals surface area contributed by atoms with Crippen LogP contribution in [0.2, 0.25) is 0 Å². The molecule has 2 N–H and O–H groups in total. The molecular weight excluding hydrogens is 222 g/mol. The number of rotatable bonds is 4. The van der Waals surface area contributed by atoms with Crippen molar-refractivity contribution >= 4 is 9.84 Å². The van der Waals surface area contributed by atoms with Gasteiger partial charge in [0, 0.05) is 11.8 Å².